The van der Waals surface area contributed by atoms with E-state index >= 15 is 0 Å². The molecule has 2 saturated heterocycles. The molecule has 0 saturated carbocycles. The zero-order valence-electron chi connectivity index (χ0n) is 29.4. The number of nitrogens with zero attached hydrogens (tertiary/aromatic N) is 2. The Balaban J connectivity index is 1.59. The predicted molar refractivity (Wildman–Crippen MR) is 178 cm³/mol. The summed E-state index contributed by atoms with van der Waals surface area (Å²) in [6.07, 6.45) is 0.844. The molecule has 2 aliphatic heterocycles. The minimum Gasteiger partial charge on any atom is -0.511 e. The van der Waals surface area contributed by atoms with E-state index < -0.39 is 34.7 Å². The Morgan fingerprint density at radius 1 is 1.00 bits per heavy atom. The molecule has 0 bridgehead atoms. The Morgan fingerprint density at radius 2 is 1.60 bits per heavy atom. The van der Waals surface area contributed by atoms with Gasteiger partial charge in [-0.25, -0.2) is 0 Å². The van der Waals surface area contributed by atoms with Gasteiger partial charge in [0.2, 0.25) is 17.5 Å². The van der Waals surface area contributed by atoms with Gasteiger partial charge in [0.15, 0.2) is 5.78 Å². The van der Waals surface area contributed by atoms with Gasteiger partial charge in [-0.05, 0) is 79.1 Å². The molecule has 2 heterocycles. The number of hydrogen-bond donors (Lipinski definition) is 5. The van der Waals surface area contributed by atoms with Gasteiger partial charge in [-0.3, -0.25) is 14.5 Å². The van der Waals surface area contributed by atoms with Crippen LogP contribution in [0.3, 0.4) is 0 Å². The maximum Gasteiger partial charge on any atom is 0.238 e. The van der Waals surface area contributed by atoms with Gasteiger partial charge in [-0.15, -0.1) is 0 Å². The Morgan fingerprint density at radius 3 is 2.15 bits per heavy atom. The lowest BCUT2D eigenvalue weighted by molar-refractivity contribution is -0.244. The summed E-state index contributed by atoms with van der Waals surface area (Å²) in [7, 11) is 7.44. The third kappa shape index (κ3) is 4.88. The largest absolute Gasteiger partial charge is 0.511 e. The van der Waals surface area contributed by atoms with Crippen LogP contribution >= 0.6 is 0 Å². The third-order valence-electron chi connectivity index (χ3n) is 10.7. The van der Waals surface area contributed by atoms with Crippen molar-refractivity contribution >= 4 is 23.1 Å². The first-order chi connectivity index (χ1) is 22.4. The molecule has 3 aliphatic carbocycles. The van der Waals surface area contributed by atoms with Crippen LogP contribution in [0.4, 0.5) is 11.4 Å². The average Bonchev–Trinajstić information content (AvgIpc) is 3.66. The number of ether oxygens (including phenoxy) is 4. The van der Waals surface area contributed by atoms with Gasteiger partial charge in [0.05, 0.1) is 61.3 Å². The molecule has 2 spiro atoms. The molecule has 48 heavy (non-hydrogen) atoms. The molecule has 0 unspecified atom stereocenters. The fraction of sp³-hybridized carbons (Fsp3) is 0.657. The number of anilines is 2. The van der Waals surface area contributed by atoms with Crippen LogP contribution in [0.2, 0.25) is 0 Å². The van der Waals surface area contributed by atoms with Gasteiger partial charge in [-0.1, -0.05) is 0 Å². The first-order valence-corrected chi connectivity index (χ1v) is 16.6. The molecular formula is C35H50N4O9. The molecule has 0 radical (unpaired) electrons. The number of nitrogens with one attached hydrogen (secondary N) is 2. The molecule has 1 amide bonds. The minimum absolute atomic E-state index is 0.0202. The molecule has 0 aromatic heterocycles. The quantitative estimate of drug-likeness (QED) is 0.282. The van der Waals surface area contributed by atoms with Crippen LogP contribution in [0.15, 0.2) is 28.7 Å². The lowest BCUT2D eigenvalue weighted by Gasteiger charge is -2.60. The normalized spacial score (nSPS) is 28.9. The van der Waals surface area contributed by atoms with Gasteiger partial charge in [-0.2, -0.15) is 0 Å². The maximum absolute atomic E-state index is 13.3. The molecular weight excluding hydrogens is 620 g/mol. The minimum atomic E-state index is -1.77. The number of phenols is 1. The van der Waals surface area contributed by atoms with E-state index in [1.807, 2.05) is 65.7 Å². The fourth-order valence-corrected chi connectivity index (χ4v) is 8.79. The number of benzene rings is 1. The molecule has 5 aliphatic rings. The van der Waals surface area contributed by atoms with Gasteiger partial charge >= 0.3 is 0 Å². The van der Waals surface area contributed by atoms with Crippen LogP contribution in [-0.2, 0) is 40.7 Å². The van der Waals surface area contributed by atoms with Crippen molar-refractivity contribution in [1.82, 2.24) is 10.2 Å². The molecule has 5 N–H and O–H groups in total. The number of carbonyl (C=O) groups excluding carboxylic acids is 2. The number of amides is 1. The third-order valence-corrected chi connectivity index (χ3v) is 10.7. The number of hydrogen-bond acceptors (Lipinski definition) is 12. The number of fused-ring (bicyclic) bond motifs is 6. The van der Waals surface area contributed by atoms with Crippen LogP contribution < -0.4 is 15.5 Å². The summed E-state index contributed by atoms with van der Waals surface area (Å²) in [5.74, 6) is -5.51. The van der Waals surface area contributed by atoms with E-state index in [4.69, 9.17) is 18.9 Å². The molecule has 1 aromatic rings. The molecule has 1 aromatic carbocycles. The fourth-order valence-electron chi connectivity index (χ4n) is 8.79. The number of likely N-dealkylation sites (N-methyl/N-ethyl adjacent to an activating group) is 1. The zero-order chi connectivity index (χ0) is 35.1. The molecule has 6 rings (SSSR count). The van der Waals surface area contributed by atoms with E-state index in [2.05, 4.69) is 10.6 Å². The van der Waals surface area contributed by atoms with Crippen LogP contribution in [0, 0.1) is 17.3 Å². The lowest BCUT2D eigenvalue weighted by atomic mass is 9.51. The number of rotatable bonds is 6. The molecule has 13 nitrogen and oxygen atoms in total. The highest BCUT2D eigenvalue weighted by atomic mass is 16.7. The summed E-state index contributed by atoms with van der Waals surface area (Å²) in [5, 5.41) is 42.6. The lowest BCUT2D eigenvalue weighted by Crippen LogP contribution is -2.66. The summed E-state index contributed by atoms with van der Waals surface area (Å²) < 4.78 is 25.6. The van der Waals surface area contributed by atoms with Crippen LogP contribution in [-0.4, -0.2) is 110 Å². The van der Waals surface area contributed by atoms with E-state index in [9.17, 15) is 24.9 Å². The van der Waals surface area contributed by atoms with Crippen molar-refractivity contribution in [2.75, 3.05) is 71.4 Å². The Kier molecular flexibility index (Phi) is 8.45. The second-order valence-electron chi connectivity index (χ2n) is 15.3. The number of Topliss-reactive ketones (excluding diaryl/α,β-unsaturated/α-hetero) is 1. The molecule has 13 heteroatoms. The van der Waals surface area contributed by atoms with Crippen molar-refractivity contribution in [2.45, 2.75) is 70.6 Å². The van der Waals surface area contributed by atoms with Crippen molar-refractivity contribution in [3.63, 3.8) is 0 Å². The van der Waals surface area contributed by atoms with Crippen molar-refractivity contribution in [3.05, 3.63) is 39.9 Å². The van der Waals surface area contributed by atoms with Gasteiger partial charge in [0.25, 0.3) is 0 Å². The number of carbonyl (C=O) groups is 2. The zero-order valence-corrected chi connectivity index (χ0v) is 29.4. The van der Waals surface area contributed by atoms with Crippen molar-refractivity contribution in [2.24, 2.45) is 17.3 Å². The second-order valence-corrected chi connectivity index (χ2v) is 15.3. The summed E-state index contributed by atoms with van der Waals surface area (Å²) in [5.41, 5.74) is 0.750. The average molecular weight is 671 g/mol. The van der Waals surface area contributed by atoms with Gasteiger partial charge < -0.3 is 49.8 Å². The smallest absolute Gasteiger partial charge is 0.238 e. The predicted octanol–water partition coefficient (Wildman–Crippen LogP) is 3.08. The van der Waals surface area contributed by atoms with E-state index in [-0.39, 0.29) is 78.9 Å². The van der Waals surface area contributed by atoms with Crippen molar-refractivity contribution < 1.29 is 43.9 Å². The number of ketones is 1. The summed E-state index contributed by atoms with van der Waals surface area (Å²) >= 11 is 0. The van der Waals surface area contributed by atoms with E-state index in [0.29, 0.717) is 24.0 Å². The highest BCUT2D eigenvalue weighted by Gasteiger charge is 2.72. The first kappa shape index (κ1) is 34.7. The second kappa shape index (κ2) is 11.7. The SMILES string of the molecule is CC(=O)C1=C(O)[C@@H](N(C)C)[C@@H]2C[C@@H]3Cc4c(N(C)C)cc(NC(=O)CNC(C)(C)C)c(O)c4C4(OCCO4)C3=C(O)[C@]2(C)C12OCCO2. The standard InChI is InChI=1S/C35H50N4O9/c1-18(40)25-30(43)28(39(8)9)21-15-19-14-20-23(38(6)7)16-22(37-24(41)17-36-32(2,3)4)29(42)27(20)34(45-10-11-46-34)26(19)31(44)33(21,5)35(25)47-12-13-48-35/h16,19,21,28,36,42-44H,10-15,17H2,1-9H3,(H,37,41)/t19-,21-,28-,33+/m0/s1. The first-order valence-electron chi connectivity index (χ1n) is 16.6. The van der Waals surface area contributed by atoms with Crippen molar-refractivity contribution in [3.8, 4) is 5.75 Å². The number of aromatic hydroxyl groups is 1. The van der Waals surface area contributed by atoms with Crippen LogP contribution in [0.1, 0.15) is 52.2 Å². The van der Waals surface area contributed by atoms with Crippen molar-refractivity contribution in [1.29, 1.82) is 0 Å². The van der Waals surface area contributed by atoms with Gasteiger partial charge in [0, 0.05) is 36.8 Å². The summed E-state index contributed by atoms with van der Waals surface area (Å²) in [6, 6.07) is 1.11. The van der Waals surface area contributed by atoms with E-state index in [1.54, 1.807) is 6.07 Å². The Labute approximate surface area is 281 Å². The van der Waals surface area contributed by atoms with E-state index in [0.717, 1.165) is 11.3 Å². The topological polar surface area (TPSA) is 162 Å². The molecule has 2 fully saturated rings. The number of aliphatic hydroxyl groups excluding tert-OH is 2. The van der Waals surface area contributed by atoms with Crippen LogP contribution in [0.5, 0.6) is 5.75 Å². The Hall–Kier alpha value is -3.20. The number of phenolic OH excluding ortho intramolecular Hbond substituents is 1. The van der Waals surface area contributed by atoms with E-state index in [1.165, 1.54) is 6.92 Å². The monoisotopic (exact) mass is 670 g/mol. The number of aliphatic hydroxyl groups is 2. The summed E-state index contributed by atoms with van der Waals surface area (Å²) in [4.78, 5) is 30.2. The molecule has 4 atom stereocenters. The highest BCUT2D eigenvalue weighted by Crippen LogP contribution is 2.67. The maximum atomic E-state index is 13.3. The Bertz CT molecular complexity index is 1580. The summed E-state index contributed by atoms with van der Waals surface area (Å²) in [6.45, 7) is 9.76. The molecule has 264 valence electrons. The van der Waals surface area contributed by atoms with Gasteiger partial charge in [0.1, 0.15) is 17.3 Å². The van der Waals surface area contributed by atoms with Crippen LogP contribution in [0.25, 0.3) is 0 Å². The highest BCUT2D eigenvalue weighted by molar-refractivity contribution is 5.97.